The Balaban J connectivity index is 3.03. The normalized spacial score (nSPS) is 13.4. The van der Waals surface area contributed by atoms with Gasteiger partial charge in [0, 0.05) is 13.1 Å². The Morgan fingerprint density at radius 2 is 1.95 bits per heavy atom. The zero-order chi connectivity index (χ0) is 14.6. The lowest BCUT2D eigenvalue weighted by Crippen LogP contribution is -2.33. The van der Waals surface area contributed by atoms with Gasteiger partial charge in [0.2, 0.25) is 0 Å². The average molecular weight is 278 g/mol. The number of para-hydroxylation sites is 1. The fourth-order valence-electron chi connectivity index (χ4n) is 1.93. The second-order valence-electron chi connectivity index (χ2n) is 4.59. The van der Waals surface area contributed by atoms with Crippen LogP contribution in [0.5, 0.6) is 0 Å². The van der Waals surface area contributed by atoms with E-state index in [1.165, 1.54) is 13.1 Å². The largest absolute Gasteiger partial charge is 0.405 e. The van der Waals surface area contributed by atoms with Crippen molar-refractivity contribution in [3.05, 3.63) is 29.6 Å². The molecule has 0 radical (unpaired) electrons. The van der Waals surface area contributed by atoms with Crippen LogP contribution in [0.3, 0.4) is 0 Å². The van der Waals surface area contributed by atoms with Gasteiger partial charge in [-0.1, -0.05) is 19.1 Å². The number of benzene rings is 1. The summed E-state index contributed by atoms with van der Waals surface area (Å²) in [6.07, 6.45) is -3.34. The van der Waals surface area contributed by atoms with Gasteiger partial charge in [-0.3, -0.25) is 0 Å². The monoisotopic (exact) mass is 278 g/mol. The van der Waals surface area contributed by atoms with Gasteiger partial charge in [-0.15, -0.1) is 0 Å². The molecule has 0 saturated heterocycles. The summed E-state index contributed by atoms with van der Waals surface area (Å²) in [4.78, 5) is 0.882. The zero-order valence-electron chi connectivity index (χ0n) is 11.0. The van der Waals surface area contributed by atoms with Gasteiger partial charge in [0.1, 0.15) is 12.4 Å². The molecule has 2 nitrogen and oxygen atoms in total. The van der Waals surface area contributed by atoms with Crippen LogP contribution in [0.1, 0.15) is 18.9 Å². The van der Waals surface area contributed by atoms with Crippen molar-refractivity contribution < 1.29 is 17.6 Å². The molecular formula is C13H18F4N2. The minimum Gasteiger partial charge on any atom is -0.363 e. The lowest BCUT2D eigenvalue weighted by Gasteiger charge is -2.25. The summed E-state index contributed by atoms with van der Waals surface area (Å²) in [5.74, 6) is -0.660. The predicted octanol–water partition coefficient (Wildman–Crippen LogP) is 3.10. The third kappa shape index (κ3) is 4.70. The van der Waals surface area contributed by atoms with E-state index in [-0.39, 0.29) is 11.7 Å². The van der Waals surface area contributed by atoms with Gasteiger partial charge >= 0.3 is 6.18 Å². The summed E-state index contributed by atoms with van der Waals surface area (Å²) in [6, 6.07) is 4.06. The van der Waals surface area contributed by atoms with Gasteiger partial charge in [0.05, 0.1) is 5.69 Å². The topological polar surface area (TPSA) is 29.3 Å². The van der Waals surface area contributed by atoms with Crippen LogP contribution in [0.2, 0.25) is 0 Å². The molecule has 19 heavy (non-hydrogen) atoms. The molecule has 0 aliphatic carbocycles. The van der Waals surface area contributed by atoms with E-state index in [0.717, 1.165) is 11.0 Å². The van der Waals surface area contributed by atoms with Crippen molar-refractivity contribution >= 4 is 5.69 Å². The predicted molar refractivity (Wildman–Crippen MR) is 67.7 cm³/mol. The molecule has 0 aliphatic rings. The number of nitrogens with two attached hydrogens (primary N) is 1. The molecule has 108 valence electrons. The second-order valence-corrected chi connectivity index (χ2v) is 4.59. The number of alkyl halides is 3. The first kappa shape index (κ1) is 15.8. The van der Waals surface area contributed by atoms with Crippen molar-refractivity contribution in [1.82, 2.24) is 0 Å². The fourth-order valence-corrected chi connectivity index (χ4v) is 1.93. The molecule has 0 spiro atoms. The molecule has 6 heteroatoms. The van der Waals surface area contributed by atoms with Crippen molar-refractivity contribution in [2.45, 2.75) is 32.0 Å². The van der Waals surface area contributed by atoms with Crippen molar-refractivity contribution in [3.63, 3.8) is 0 Å². The van der Waals surface area contributed by atoms with Crippen LogP contribution in [0.4, 0.5) is 23.2 Å². The summed E-state index contributed by atoms with van der Waals surface area (Å²) in [6.45, 7) is 0.686. The molecular weight excluding hydrogens is 260 g/mol. The maximum Gasteiger partial charge on any atom is 0.405 e. The summed E-state index contributed by atoms with van der Waals surface area (Å²) in [5.41, 5.74) is 6.26. The second kappa shape index (κ2) is 6.23. The van der Waals surface area contributed by atoms with E-state index in [9.17, 15) is 17.6 Å². The Hall–Kier alpha value is -1.30. The number of anilines is 1. The summed E-state index contributed by atoms with van der Waals surface area (Å²) in [5, 5.41) is 0. The maximum atomic E-state index is 13.8. The summed E-state index contributed by atoms with van der Waals surface area (Å²) >= 11 is 0. The number of halogens is 4. The lowest BCUT2D eigenvalue weighted by atomic mass is 10.0. The Kier molecular flexibility index (Phi) is 5.17. The van der Waals surface area contributed by atoms with Crippen molar-refractivity contribution in [2.24, 2.45) is 5.73 Å². The maximum absolute atomic E-state index is 13.8. The highest BCUT2D eigenvalue weighted by Gasteiger charge is 2.31. The SMILES string of the molecule is CCC(N)Cc1cccc(F)c1N(C)CC(F)(F)F. The zero-order valence-corrected chi connectivity index (χ0v) is 11.0. The van der Waals surface area contributed by atoms with Crippen LogP contribution in [0, 0.1) is 5.82 Å². The molecule has 1 aromatic carbocycles. The number of rotatable bonds is 5. The van der Waals surface area contributed by atoms with Gasteiger partial charge in [0.25, 0.3) is 0 Å². The van der Waals surface area contributed by atoms with Gasteiger partial charge in [-0.2, -0.15) is 13.2 Å². The number of hydrogen-bond acceptors (Lipinski definition) is 2. The van der Waals surface area contributed by atoms with E-state index in [1.54, 1.807) is 6.07 Å². The molecule has 1 unspecified atom stereocenters. The highest BCUT2D eigenvalue weighted by Crippen LogP contribution is 2.27. The highest BCUT2D eigenvalue weighted by atomic mass is 19.4. The first-order chi connectivity index (χ1) is 8.74. The Bertz CT molecular complexity index is 418. The number of hydrogen-bond donors (Lipinski definition) is 1. The molecule has 0 aliphatic heterocycles. The molecule has 0 amide bonds. The molecule has 0 saturated carbocycles. The average Bonchev–Trinajstić information content (AvgIpc) is 2.26. The fraction of sp³-hybridized carbons (Fsp3) is 0.538. The van der Waals surface area contributed by atoms with E-state index in [2.05, 4.69) is 0 Å². The minimum atomic E-state index is -4.37. The van der Waals surface area contributed by atoms with Crippen LogP contribution in [0.15, 0.2) is 18.2 Å². The molecule has 0 fully saturated rings. The van der Waals surface area contributed by atoms with Crippen LogP contribution in [0.25, 0.3) is 0 Å². The minimum absolute atomic E-state index is 0.0243. The van der Waals surface area contributed by atoms with Crippen molar-refractivity contribution in [2.75, 3.05) is 18.5 Å². The standard InChI is InChI=1S/C13H18F4N2/c1-3-10(18)7-9-5-4-6-11(14)12(9)19(2)8-13(15,16)17/h4-6,10H,3,7-8,18H2,1-2H3. The van der Waals surface area contributed by atoms with E-state index in [1.807, 2.05) is 6.92 Å². The van der Waals surface area contributed by atoms with E-state index < -0.39 is 18.5 Å². The molecule has 0 heterocycles. The molecule has 1 aromatic rings. The molecule has 0 bridgehead atoms. The Labute approximate surface area is 110 Å². The third-order valence-electron chi connectivity index (χ3n) is 2.88. The molecule has 1 atom stereocenters. The van der Waals surface area contributed by atoms with Crippen LogP contribution in [-0.2, 0) is 6.42 Å². The number of nitrogens with zero attached hydrogens (tertiary/aromatic N) is 1. The smallest absolute Gasteiger partial charge is 0.363 e. The summed E-state index contributed by atoms with van der Waals surface area (Å²) in [7, 11) is 1.23. The summed E-state index contributed by atoms with van der Waals surface area (Å²) < 4.78 is 51.0. The lowest BCUT2D eigenvalue weighted by molar-refractivity contribution is -0.119. The van der Waals surface area contributed by atoms with E-state index >= 15 is 0 Å². The Morgan fingerprint density at radius 1 is 1.32 bits per heavy atom. The van der Waals surface area contributed by atoms with Crippen LogP contribution < -0.4 is 10.6 Å². The van der Waals surface area contributed by atoms with E-state index in [0.29, 0.717) is 18.4 Å². The van der Waals surface area contributed by atoms with E-state index in [4.69, 9.17) is 5.73 Å². The highest BCUT2D eigenvalue weighted by molar-refractivity contribution is 5.54. The first-order valence-corrected chi connectivity index (χ1v) is 6.05. The third-order valence-corrected chi connectivity index (χ3v) is 2.88. The van der Waals surface area contributed by atoms with Crippen molar-refractivity contribution in [3.8, 4) is 0 Å². The van der Waals surface area contributed by atoms with Gasteiger partial charge in [-0.05, 0) is 24.5 Å². The van der Waals surface area contributed by atoms with Crippen LogP contribution in [-0.4, -0.2) is 25.8 Å². The van der Waals surface area contributed by atoms with Gasteiger partial charge < -0.3 is 10.6 Å². The van der Waals surface area contributed by atoms with Crippen molar-refractivity contribution in [1.29, 1.82) is 0 Å². The Morgan fingerprint density at radius 3 is 2.47 bits per heavy atom. The molecule has 0 aromatic heterocycles. The first-order valence-electron chi connectivity index (χ1n) is 6.05. The molecule has 2 N–H and O–H groups in total. The quantitative estimate of drug-likeness (QED) is 0.839. The van der Waals surface area contributed by atoms with Gasteiger partial charge in [-0.25, -0.2) is 4.39 Å². The van der Waals surface area contributed by atoms with Crippen LogP contribution >= 0.6 is 0 Å². The molecule has 1 rings (SSSR count). The van der Waals surface area contributed by atoms with Gasteiger partial charge in [0.15, 0.2) is 0 Å².